The molecule has 0 amide bonds. The van der Waals surface area contributed by atoms with E-state index in [1.807, 2.05) is 0 Å². The quantitative estimate of drug-likeness (QED) is 0.861. The third kappa shape index (κ3) is 3.49. The number of piperidine rings is 1. The number of hydrogen-bond acceptors (Lipinski definition) is 2. The van der Waals surface area contributed by atoms with Crippen LogP contribution in [0.5, 0.6) is 5.75 Å². The van der Waals surface area contributed by atoms with Gasteiger partial charge in [-0.3, -0.25) is 0 Å². The Labute approximate surface area is 110 Å². The molecule has 1 heterocycles. The average molecular weight is 245 g/mol. The Morgan fingerprint density at radius 2 is 1.89 bits per heavy atom. The van der Waals surface area contributed by atoms with Gasteiger partial charge in [-0.2, -0.15) is 0 Å². The summed E-state index contributed by atoms with van der Waals surface area (Å²) in [6.45, 7) is 3.29. The SMILES string of the molecule is c1cc(OCC2CC2)ccc1CC1CCCNC1. The minimum Gasteiger partial charge on any atom is -0.493 e. The molecule has 1 saturated carbocycles. The molecule has 1 unspecified atom stereocenters. The molecule has 2 heteroatoms. The number of hydrogen-bond donors (Lipinski definition) is 1. The van der Waals surface area contributed by atoms with Crippen LogP contribution in [0.2, 0.25) is 0 Å². The number of rotatable bonds is 5. The van der Waals surface area contributed by atoms with Crippen LogP contribution in [-0.2, 0) is 6.42 Å². The first-order valence-electron chi connectivity index (χ1n) is 7.32. The highest BCUT2D eigenvalue weighted by Crippen LogP contribution is 2.29. The van der Waals surface area contributed by atoms with Crippen LogP contribution in [-0.4, -0.2) is 19.7 Å². The molecule has 2 fully saturated rings. The first-order valence-corrected chi connectivity index (χ1v) is 7.32. The van der Waals surface area contributed by atoms with E-state index in [4.69, 9.17) is 4.74 Å². The molecule has 2 nitrogen and oxygen atoms in total. The molecule has 1 saturated heterocycles. The molecule has 0 aromatic heterocycles. The highest BCUT2D eigenvalue weighted by Gasteiger charge is 2.21. The molecule has 1 aromatic carbocycles. The Bertz CT molecular complexity index is 363. The van der Waals surface area contributed by atoms with Gasteiger partial charge in [0, 0.05) is 0 Å². The fraction of sp³-hybridized carbons (Fsp3) is 0.625. The maximum absolute atomic E-state index is 5.76. The average Bonchev–Trinajstić information content (AvgIpc) is 3.23. The molecule has 98 valence electrons. The zero-order valence-electron chi connectivity index (χ0n) is 11.0. The highest BCUT2D eigenvalue weighted by molar-refractivity contribution is 5.27. The summed E-state index contributed by atoms with van der Waals surface area (Å²) in [4.78, 5) is 0. The largest absolute Gasteiger partial charge is 0.493 e. The van der Waals surface area contributed by atoms with E-state index in [-0.39, 0.29) is 0 Å². The van der Waals surface area contributed by atoms with Crippen molar-refractivity contribution in [3.8, 4) is 5.75 Å². The van der Waals surface area contributed by atoms with Crippen molar-refractivity contribution >= 4 is 0 Å². The summed E-state index contributed by atoms with van der Waals surface area (Å²) in [7, 11) is 0. The summed E-state index contributed by atoms with van der Waals surface area (Å²) in [5.41, 5.74) is 1.45. The van der Waals surface area contributed by atoms with Gasteiger partial charge in [-0.25, -0.2) is 0 Å². The van der Waals surface area contributed by atoms with Crippen LogP contribution in [0.1, 0.15) is 31.2 Å². The zero-order valence-corrected chi connectivity index (χ0v) is 11.0. The van der Waals surface area contributed by atoms with Crippen LogP contribution in [0.4, 0.5) is 0 Å². The van der Waals surface area contributed by atoms with Gasteiger partial charge in [0.1, 0.15) is 5.75 Å². The fourth-order valence-electron chi connectivity index (χ4n) is 2.65. The Hall–Kier alpha value is -1.02. The second kappa shape index (κ2) is 5.75. The predicted molar refractivity (Wildman–Crippen MR) is 74.0 cm³/mol. The molecule has 18 heavy (non-hydrogen) atoms. The van der Waals surface area contributed by atoms with Gasteiger partial charge in [0.25, 0.3) is 0 Å². The van der Waals surface area contributed by atoms with Crippen LogP contribution < -0.4 is 10.1 Å². The van der Waals surface area contributed by atoms with Gasteiger partial charge in [-0.15, -0.1) is 0 Å². The molecular weight excluding hydrogens is 222 g/mol. The van der Waals surface area contributed by atoms with Gasteiger partial charge in [-0.1, -0.05) is 12.1 Å². The van der Waals surface area contributed by atoms with E-state index in [2.05, 4.69) is 29.6 Å². The third-order valence-corrected chi connectivity index (χ3v) is 4.03. The van der Waals surface area contributed by atoms with Gasteiger partial charge in [0.05, 0.1) is 6.61 Å². The van der Waals surface area contributed by atoms with Gasteiger partial charge in [0.2, 0.25) is 0 Å². The van der Waals surface area contributed by atoms with Crippen molar-refractivity contribution in [2.24, 2.45) is 11.8 Å². The molecule has 0 radical (unpaired) electrons. The molecule has 1 aliphatic carbocycles. The van der Waals surface area contributed by atoms with Crippen LogP contribution in [0.15, 0.2) is 24.3 Å². The van der Waals surface area contributed by atoms with E-state index < -0.39 is 0 Å². The van der Waals surface area contributed by atoms with Crippen molar-refractivity contribution in [1.82, 2.24) is 5.32 Å². The summed E-state index contributed by atoms with van der Waals surface area (Å²) in [5, 5.41) is 3.48. The van der Waals surface area contributed by atoms with Gasteiger partial charge >= 0.3 is 0 Å². The Morgan fingerprint density at radius 3 is 2.56 bits per heavy atom. The van der Waals surface area contributed by atoms with E-state index in [9.17, 15) is 0 Å². The fourth-order valence-corrected chi connectivity index (χ4v) is 2.65. The van der Waals surface area contributed by atoms with Crippen LogP contribution in [0.3, 0.4) is 0 Å². The standard InChI is InChI=1S/C16H23NO/c1-2-15(11-17-9-1)10-13-5-7-16(8-6-13)18-12-14-3-4-14/h5-8,14-15,17H,1-4,9-12H2. The maximum atomic E-state index is 5.76. The molecule has 0 spiro atoms. The predicted octanol–water partition coefficient (Wildman–Crippen LogP) is 3.02. The first kappa shape index (κ1) is 12.0. The van der Waals surface area contributed by atoms with Crippen molar-refractivity contribution in [2.45, 2.75) is 32.1 Å². The number of nitrogens with one attached hydrogen (secondary N) is 1. The van der Waals surface area contributed by atoms with E-state index in [1.165, 1.54) is 50.8 Å². The van der Waals surface area contributed by atoms with Gasteiger partial charge in [-0.05, 0) is 74.7 Å². The van der Waals surface area contributed by atoms with Crippen LogP contribution >= 0.6 is 0 Å². The zero-order chi connectivity index (χ0) is 12.2. The van der Waals surface area contributed by atoms with E-state index in [0.29, 0.717) is 0 Å². The van der Waals surface area contributed by atoms with Crippen LogP contribution in [0, 0.1) is 11.8 Å². The van der Waals surface area contributed by atoms with Crippen molar-refractivity contribution in [2.75, 3.05) is 19.7 Å². The smallest absolute Gasteiger partial charge is 0.119 e. The molecular formula is C16H23NO. The first-order chi connectivity index (χ1) is 8.90. The molecule has 2 aliphatic rings. The van der Waals surface area contributed by atoms with Crippen molar-refractivity contribution in [1.29, 1.82) is 0 Å². The lowest BCUT2D eigenvalue weighted by Gasteiger charge is -2.22. The minimum atomic E-state index is 0.817. The number of benzene rings is 1. The normalized spacial score (nSPS) is 23.9. The second-order valence-electron chi connectivity index (χ2n) is 5.81. The van der Waals surface area contributed by atoms with Crippen molar-refractivity contribution < 1.29 is 4.74 Å². The lowest BCUT2D eigenvalue weighted by molar-refractivity contribution is 0.299. The highest BCUT2D eigenvalue weighted by atomic mass is 16.5. The lowest BCUT2D eigenvalue weighted by Crippen LogP contribution is -2.30. The molecule has 0 bridgehead atoms. The van der Waals surface area contributed by atoms with Crippen molar-refractivity contribution in [3.05, 3.63) is 29.8 Å². The van der Waals surface area contributed by atoms with Crippen LogP contribution in [0.25, 0.3) is 0 Å². The lowest BCUT2D eigenvalue weighted by atomic mass is 9.92. The minimum absolute atomic E-state index is 0.817. The second-order valence-corrected chi connectivity index (χ2v) is 5.81. The van der Waals surface area contributed by atoms with Gasteiger partial charge < -0.3 is 10.1 Å². The molecule has 1 atom stereocenters. The Kier molecular flexibility index (Phi) is 3.84. The van der Waals surface area contributed by atoms with E-state index in [0.717, 1.165) is 24.2 Å². The van der Waals surface area contributed by atoms with Gasteiger partial charge in [0.15, 0.2) is 0 Å². The summed E-state index contributed by atoms with van der Waals surface area (Å²) in [6.07, 6.45) is 6.61. The molecule has 1 aromatic rings. The molecule has 1 aliphatic heterocycles. The van der Waals surface area contributed by atoms with E-state index in [1.54, 1.807) is 0 Å². The van der Waals surface area contributed by atoms with Crippen molar-refractivity contribution in [3.63, 3.8) is 0 Å². The summed E-state index contributed by atoms with van der Waals surface area (Å²) in [5.74, 6) is 2.68. The maximum Gasteiger partial charge on any atom is 0.119 e. The Balaban J connectivity index is 1.49. The summed E-state index contributed by atoms with van der Waals surface area (Å²) < 4.78 is 5.76. The van der Waals surface area contributed by atoms with E-state index >= 15 is 0 Å². The third-order valence-electron chi connectivity index (χ3n) is 4.03. The monoisotopic (exact) mass is 245 g/mol. The topological polar surface area (TPSA) is 21.3 Å². The number of ether oxygens (including phenoxy) is 1. The summed E-state index contributed by atoms with van der Waals surface area (Å²) in [6, 6.07) is 8.73. The summed E-state index contributed by atoms with van der Waals surface area (Å²) >= 11 is 0. The molecule has 3 rings (SSSR count). The molecule has 1 N–H and O–H groups in total. The Morgan fingerprint density at radius 1 is 1.06 bits per heavy atom.